The molecule has 0 aromatic carbocycles. The molecule has 2 N–H and O–H groups in total. The Balaban J connectivity index is 2.02. The molecule has 1 atom stereocenters. The Morgan fingerprint density at radius 2 is 2.24 bits per heavy atom. The quantitative estimate of drug-likeness (QED) is 0.768. The van der Waals surface area contributed by atoms with Gasteiger partial charge in [-0.2, -0.15) is 0 Å². The van der Waals surface area contributed by atoms with Crippen molar-refractivity contribution >= 4 is 5.95 Å². The largest absolute Gasteiger partial charge is 0.395 e. The number of rotatable bonds is 5. The second-order valence-corrected chi connectivity index (χ2v) is 4.16. The molecule has 0 saturated carbocycles. The lowest BCUT2D eigenvalue weighted by atomic mass is 10.2. The lowest BCUT2D eigenvalue weighted by Crippen LogP contribution is -2.40. The van der Waals surface area contributed by atoms with Crippen molar-refractivity contribution in [3.63, 3.8) is 0 Å². The molecule has 1 aromatic rings. The van der Waals surface area contributed by atoms with Crippen LogP contribution in [0.2, 0.25) is 0 Å². The monoisotopic (exact) mass is 240 g/mol. The van der Waals surface area contributed by atoms with Crippen molar-refractivity contribution in [3.8, 4) is 0 Å². The van der Waals surface area contributed by atoms with Gasteiger partial charge in [-0.3, -0.25) is 0 Å². The zero-order valence-electron chi connectivity index (χ0n) is 9.64. The fourth-order valence-electron chi connectivity index (χ4n) is 2.04. The van der Waals surface area contributed by atoms with Crippen LogP contribution in [-0.2, 0) is 0 Å². The summed E-state index contributed by atoms with van der Waals surface area (Å²) in [7, 11) is 0. The first-order valence-electron chi connectivity index (χ1n) is 5.86. The van der Waals surface area contributed by atoms with E-state index in [0.29, 0.717) is 18.5 Å². The minimum absolute atomic E-state index is 0.0352. The molecule has 0 amide bonds. The van der Waals surface area contributed by atoms with Crippen LogP contribution >= 0.6 is 0 Å². The molecule has 0 spiro atoms. The predicted molar refractivity (Wildman–Crippen MR) is 62.3 cm³/mol. The van der Waals surface area contributed by atoms with Crippen LogP contribution in [0.15, 0.2) is 12.4 Å². The fourth-order valence-corrected chi connectivity index (χ4v) is 2.04. The van der Waals surface area contributed by atoms with E-state index in [1.54, 1.807) is 0 Å². The van der Waals surface area contributed by atoms with E-state index >= 15 is 0 Å². The fraction of sp³-hybridized carbons (Fsp3) is 0.636. The van der Waals surface area contributed by atoms with E-state index < -0.39 is 5.82 Å². The number of hydrogen-bond donors (Lipinski definition) is 2. The van der Waals surface area contributed by atoms with E-state index in [9.17, 15) is 4.39 Å². The average Bonchev–Trinajstić information content (AvgIpc) is 2.82. The molecule has 0 aliphatic carbocycles. The van der Waals surface area contributed by atoms with Crippen molar-refractivity contribution in [3.05, 3.63) is 18.2 Å². The van der Waals surface area contributed by atoms with Gasteiger partial charge in [0.25, 0.3) is 0 Å². The number of aliphatic hydroxyl groups is 1. The highest BCUT2D eigenvalue weighted by Crippen LogP contribution is 2.11. The molecule has 1 unspecified atom stereocenters. The lowest BCUT2D eigenvalue weighted by Gasteiger charge is -2.24. The van der Waals surface area contributed by atoms with Gasteiger partial charge in [-0.1, -0.05) is 0 Å². The van der Waals surface area contributed by atoms with Gasteiger partial charge in [-0.05, 0) is 19.4 Å². The number of nitrogens with zero attached hydrogens (tertiary/aromatic N) is 3. The van der Waals surface area contributed by atoms with Crippen molar-refractivity contribution in [2.24, 2.45) is 0 Å². The molecule has 5 nitrogen and oxygen atoms in total. The van der Waals surface area contributed by atoms with Gasteiger partial charge < -0.3 is 15.3 Å². The van der Waals surface area contributed by atoms with Crippen LogP contribution < -0.4 is 10.2 Å². The summed E-state index contributed by atoms with van der Waals surface area (Å²) < 4.78 is 12.7. The topological polar surface area (TPSA) is 61.3 Å². The zero-order chi connectivity index (χ0) is 12.1. The lowest BCUT2D eigenvalue weighted by molar-refractivity contribution is 0.299. The van der Waals surface area contributed by atoms with E-state index in [1.165, 1.54) is 6.42 Å². The normalized spacial score (nSPS) is 19.5. The van der Waals surface area contributed by atoms with Crippen LogP contribution in [0.4, 0.5) is 10.3 Å². The molecule has 6 heteroatoms. The summed E-state index contributed by atoms with van der Waals surface area (Å²) in [6.45, 7) is 2.27. The Kier molecular flexibility index (Phi) is 4.22. The molecule has 1 aliphatic heterocycles. The van der Waals surface area contributed by atoms with Crippen molar-refractivity contribution in [1.29, 1.82) is 0 Å². The average molecular weight is 240 g/mol. The summed E-state index contributed by atoms with van der Waals surface area (Å²) in [5.41, 5.74) is 0. The summed E-state index contributed by atoms with van der Waals surface area (Å²) >= 11 is 0. The molecule has 1 aromatic heterocycles. The maximum absolute atomic E-state index is 12.7. The maximum atomic E-state index is 12.7. The highest BCUT2D eigenvalue weighted by molar-refractivity contribution is 5.29. The molecular formula is C11H17FN4O. The summed E-state index contributed by atoms with van der Waals surface area (Å²) in [6, 6.07) is 0.398. The van der Waals surface area contributed by atoms with Gasteiger partial charge in [0.1, 0.15) is 0 Å². The Bertz CT molecular complexity index is 340. The standard InChI is InChI=1S/C11H17FN4O/c12-9-6-14-11(15-7-9)16(4-5-17)8-10-2-1-3-13-10/h6-7,10,13,17H,1-5,8H2. The number of aliphatic hydroxyl groups excluding tert-OH is 1. The summed E-state index contributed by atoms with van der Waals surface area (Å²) in [6.07, 6.45) is 4.58. The Labute approximate surface area is 99.7 Å². The minimum Gasteiger partial charge on any atom is -0.395 e. The SMILES string of the molecule is OCCN(CC1CCCN1)c1ncc(F)cn1. The first-order valence-corrected chi connectivity index (χ1v) is 5.86. The van der Waals surface area contributed by atoms with Gasteiger partial charge in [0.2, 0.25) is 5.95 Å². The second-order valence-electron chi connectivity index (χ2n) is 4.16. The van der Waals surface area contributed by atoms with Gasteiger partial charge in [0.05, 0.1) is 19.0 Å². The molecular weight excluding hydrogens is 223 g/mol. The molecule has 17 heavy (non-hydrogen) atoms. The second kappa shape index (κ2) is 5.88. The molecule has 1 fully saturated rings. The van der Waals surface area contributed by atoms with E-state index in [4.69, 9.17) is 5.11 Å². The molecule has 1 saturated heterocycles. The number of aromatic nitrogens is 2. The first-order chi connectivity index (χ1) is 8.29. The summed E-state index contributed by atoms with van der Waals surface area (Å²) in [5.74, 6) is 0.0193. The van der Waals surface area contributed by atoms with Gasteiger partial charge in [0.15, 0.2) is 5.82 Å². The summed E-state index contributed by atoms with van der Waals surface area (Å²) in [5, 5.41) is 12.4. The zero-order valence-corrected chi connectivity index (χ0v) is 9.64. The van der Waals surface area contributed by atoms with Crippen LogP contribution in [0.3, 0.4) is 0 Å². The highest BCUT2D eigenvalue weighted by atomic mass is 19.1. The Hall–Kier alpha value is -1.27. The summed E-state index contributed by atoms with van der Waals surface area (Å²) in [4.78, 5) is 9.76. The maximum Gasteiger partial charge on any atom is 0.225 e. The molecule has 0 radical (unpaired) electrons. The Morgan fingerprint density at radius 1 is 1.47 bits per heavy atom. The number of anilines is 1. The van der Waals surface area contributed by atoms with E-state index in [-0.39, 0.29) is 6.61 Å². The van der Waals surface area contributed by atoms with Crippen molar-refractivity contribution in [1.82, 2.24) is 15.3 Å². The molecule has 94 valence electrons. The van der Waals surface area contributed by atoms with Crippen LogP contribution in [0.1, 0.15) is 12.8 Å². The van der Waals surface area contributed by atoms with Gasteiger partial charge in [0, 0.05) is 19.1 Å². The van der Waals surface area contributed by atoms with Gasteiger partial charge in [-0.25, -0.2) is 14.4 Å². The van der Waals surface area contributed by atoms with Crippen molar-refractivity contribution in [2.45, 2.75) is 18.9 Å². The third-order valence-electron chi connectivity index (χ3n) is 2.86. The van der Waals surface area contributed by atoms with E-state index in [2.05, 4.69) is 15.3 Å². The predicted octanol–water partition coefficient (Wildman–Crippen LogP) is 0.166. The molecule has 0 bridgehead atoms. The Morgan fingerprint density at radius 3 is 2.82 bits per heavy atom. The van der Waals surface area contributed by atoms with Crippen molar-refractivity contribution in [2.75, 3.05) is 31.1 Å². The third-order valence-corrected chi connectivity index (χ3v) is 2.86. The third kappa shape index (κ3) is 3.34. The highest BCUT2D eigenvalue weighted by Gasteiger charge is 2.19. The van der Waals surface area contributed by atoms with Crippen LogP contribution in [0, 0.1) is 5.82 Å². The van der Waals surface area contributed by atoms with Gasteiger partial charge in [-0.15, -0.1) is 0 Å². The van der Waals surface area contributed by atoms with Gasteiger partial charge >= 0.3 is 0 Å². The van der Waals surface area contributed by atoms with E-state index in [1.807, 2.05) is 4.90 Å². The number of hydrogen-bond acceptors (Lipinski definition) is 5. The smallest absolute Gasteiger partial charge is 0.225 e. The van der Waals surface area contributed by atoms with Crippen LogP contribution in [-0.4, -0.2) is 47.4 Å². The minimum atomic E-state index is -0.448. The molecule has 2 rings (SSSR count). The molecule has 1 aliphatic rings. The molecule has 2 heterocycles. The van der Waals surface area contributed by atoms with Crippen LogP contribution in [0.25, 0.3) is 0 Å². The first kappa shape index (κ1) is 12.2. The van der Waals surface area contributed by atoms with Crippen LogP contribution in [0.5, 0.6) is 0 Å². The number of nitrogens with one attached hydrogen (secondary N) is 1. The van der Waals surface area contributed by atoms with Crippen molar-refractivity contribution < 1.29 is 9.50 Å². The van der Waals surface area contributed by atoms with E-state index in [0.717, 1.165) is 31.9 Å². The number of halogens is 1.